The zero-order chi connectivity index (χ0) is 18.1. The number of hydrogen-bond acceptors (Lipinski definition) is 6. The van der Waals surface area contributed by atoms with Gasteiger partial charge in [0.05, 0.1) is 25.5 Å². The van der Waals surface area contributed by atoms with Crippen molar-refractivity contribution in [3.63, 3.8) is 0 Å². The molecule has 3 aromatic rings. The molecule has 26 heavy (non-hydrogen) atoms. The first-order chi connectivity index (χ1) is 12.7. The van der Waals surface area contributed by atoms with E-state index in [0.717, 1.165) is 28.1 Å². The number of benzene rings is 2. The molecule has 0 saturated carbocycles. The van der Waals surface area contributed by atoms with E-state index in [9.17, 15) is 5.11 Å². The predicted octanol–water partition coefficient (Wildman–Crippen LogP) is 3.34. The number of methoxy groups -OCH3 is 1. The van der Waals surface area contributed by atoms with E-state index in [1.807, 2.05) is 59.5 Å². The van der Waals surface area contributed by atoms with Crippen LogP contribution in [0.25, 0.3) is 0 Å². The quantitative estimate of drug-likeness (QED) is 0.755. The normalized spacial score (nSPS) is 16.2. The largest absolute Gasteiger partial charge is 0.497 e. The van der Waals surface area contributed by atoms with Crippen molar-refractivity contribution < 1.29 is 14.3 Å². The van der Waals surface area contributed by atoms with E-state index in [0.29, 0.717) is 11.7 Å². The molecule has 6 heteroatoms. The van der Waals surface area contributed by atoms with Crippen molar-refractivity contribution in [2.24, 2.45) is 10.7 Å². The summed E-state index contributed by atoms with van der Waals surface area (Å²) in [6.45, 7) is -0.0914. The minimum Gasteiger partial charge on any atom is -0.497 e. The molecule has 0 saturated heterocycles. The molecule has 1 aromatic heterocycles. The summed E-state index contributed by atoms with van der Waals surface area (Å²) in [6.07, 6.45) is 1.12. The third-order valence-electron chi connectivity index (χ3n) is 4.49. The lowest BCUT2D eigenvalue weighted by molar-refractivity contribution is 0.281. The van der Waals surface area contributed by atoms with Crippen molar-refractivity contribution in [1.82, 2.24) is 0 Å². The lowest BCUT2D eigenvalue weighted by atomic mass is 10.0. The average Bonchev–Trinajstić information content (AvgIpc) is 3.17. The Bertz CT molecular complexity index is 947. The van der Waals surface area contributed by atoms with Gasteiger partial charge in [-0.1, -0.05) is 24.3 Å². The second-order valence-corrected chi connectivity index (χ2v) is 5.94. The lowest BCUT2D eigenvalue weighted by Gasteiger charge is -2.35. The van der Waals surface area contributed by atoms with Crippen LogP contribution in [-0.4, -0.2) is 18.1 Å². The zero-order valence-corrected chi connectivity index (χ0v) is 14.3. The van der Waals surface area contributed by atoms with E-state index in [4.69, 9.17) is 14.9 Å². The molecule has 0 amide bonds. The molecule has 0 fully saturated rings. The number of rotatable bonds is 4. The van der Waals surface area contributed by atoms with E-state index in [1.54, 1.807) is 13.4 Å². The number of hydrogen-bond donors (Lipinski definition) is 2. The maximum atomic E-state index is 9.75. The SMILES string of the molecule is COc1ccc(N2C(c3ccccc3CO)=Nc3occc3C2N)cc1. The van der Waals surface area contributed by atoms with Crippen molar-refractivity contribution in [3.05, 3.63) is 77.6 Å². The monoisotopic (exact) mass is 349 g/mol. The van der Waals surface area contributed by atoms with Crippen molar-refractivity contribution in [2.75, 3.05) is 12.0 Å². The molecule has 1 unspecified atom stereocenters. The number of ether oxygens (including phenoxy) is 1. The molecule has 1 aliphatic rings. The molecular weight excluding hydrogens is 330 g/mol. The van der Waals surface area contributed by atoms with Crippen LogP contribution in [0.3, 0.4) is 0 Å². The van der Waals surface area contributed by atoms with Gasteiger partial charge >= 0.3 is 0 Å². The number of anilines is 1. The standard InChI is InChI=1S/C20H19N3O3/c1-25-15-8-6-14(7-9-15)23-18(21)17-10-11-26-20(17)22-19(23)16-5-3-2-4-13(16)12-24/h2-11,18,24H,12,21H2,1H3. The highest BCUT2D eigenvalue weighted by molar-refractivity contribution is 6.13. The van der Waals surface area contributed by atoms with Gasteiger partial charge in [-0.3, -0.25) is 0 Å². The second-order valence-electron chi connectivity index (χ2n) is 5.94. The van der Waals surface area contributed by atoms with Gasteiger partial charge in [-0.05, 0) is 35.9 Å². The van der Waals surface area contributed by atoms with Crippen LogP contribution in [0.2, 0.25) is 0 Å². The smallest absolute Gasteiger partial charge is 0.227 e. The number of aliphatic hydroxyl groups excluding tert-OH is 1. The molecule has 4 rings (SSSR count). The molecule has 0 bridgehead atoms. The molecular formula is C20H19N3O3. The number of nitrogens with two attached hydrogens (primary N) is 1. The summed E-state index contributed by atoms with van der Waals surface area (Å²) < 4.78 is 10.7. The molecule has 2 heterocycles. The van der Waals surface area contributed by atoms with Gasteiger partial charge in [0.1, 0.15) is 17.8 Å². The van der Waals surface area contributed by atoms with Crippen LogP contribution in [0, 0.1) is 0 Å². The van der Waals surface area contributed by atoms with E-state index in [2.05, 4.69) is 4.99 Å². The van der Waals surface area contributed by atoms with Crippen LogP contribution in [-0.2, 0) is 6.61 Å². The fourth-order valence-electron chi connectivity index (χ4n) is 3.14. The van der Waals surface area contributed by atoms with Crippen LogP contribution < -0.4 is 15.4 Å². The van der Waals surface area contributed by atoms with E-state index >= 15 is 0 Å². The summed E-state index contributed by atoms with van der Waals surface area (Å²) in [5, 5.41) is 9.75. The molecule has 0 aliphatic carbocycles. The topological polar surface area (TPSA) is 84.2 Å². The summed E-state index contributed by atoms with van der Waals surface area (Å²) in [4.78, 5) is 6.62. The summed E-state index contributed by atoms with van der Waals surface area (Å²) in [5.41, 5.74) is 9.81. The van der Waals surface area contributed by atoms with Gasteiger partial charge in [-0.15, -0.1) is 0 Å². The van der Waals surface area contributed by atoms with Gasteiger partial charge in [0.25, 0.3) is 0 Å². The molecule has 0 spiro atoms. The van der Waals surface area contributed by atoms with E-state index in [-0.39, 0.29) is 6.61 Å². The molecule has 1 aliphatic heterocycles. The van der Waals surface area contributed by atoms with Crippen molar-refractivity contribution in [1.29, 1.82) is 0 Å². The Morgan fingerprint density at radius 1 is 1.15 bits per heavy atom. The number of aliphatic hydroxyl groups is 1. The Morgan fingerprint density at radius 3 is 2.65 bits per heavy atom. The van der Waals surface area contributed by atoms with Crippen LogP contribution in [0.15, 0.2) is 70.3 Å². The highest BCUT2D eigenvalue weighted by atomic mass is 16.5. The number of amidine groups is 1. The average molecular weight is 349 g/mol. The Labute approximate surface area is 151 Å². The Kier molecular flexibility index (Phi) is 4.20. The fraction of sp³-hybridized carbons (Fsp3) is 0.150. The first-order valence-corrected chi connectivity index (χ1v) is 8.27. The number of nitrogens with zero attached hydrogens (tertiary/aromatic N) is 2. The summed E-state index contributed by atoms with van der Waals surface area (Å²) in [6, 6.07) is 17.0. The Morgan fingerprint density at radius 2 is 1.92 bits per heavy atom. The first kappa shape index (κ1) is 16.4. The van der Waals surface area contributed by atoms with Gasteiger partial charge in [0.15, 0.2) is 0 Å². The number of aliphatic imine (C=N–C) groups is 1. The van der Waals surface area contributed by atoms with E-state index < -0.39 is 6.17 Å². The maximum Gasteiger partial charge on any atom is 0.227 e. The second kappa shape index (κ2) is 6.67. The van der Waals surface area contributed by atoms with Crippen LogP contribution in [0.5, 0.6) is 5.75 Å². The highest BCUT2D eigenvalue weighted by Gasteiger charge is 2.32. The molecule has 1 atom stereocenters. The summed E-state index contributed by atoms with van der Waals surface area (Å²) >= 11 is 0. The minimum absolute atomic E-state index is 0.0914. The van der Waals surface area contributed by atoms with Gasteiger partial charge in [-0.2, -0.15) is 4.99 Å². The Hall–Kier alpha value is -3.09. The van der Waals surface area contributed by atoms with Gasteiger partial charge < -0.3 is 24.9 Å². The maximum absolute atomic E-state index is 9.75. The lowest BCUT2D eigenvalue weighted by Crippen LogP contribution is -2.42. The third-order valence-corrected chi connectivity index (χ3v) is 4.49. The molecule has 3 N–H and O–H groups in total. The van der Waals surface area contributed by atoms with Crippen molar-refractivity contribution in [3.8, 4) is 5.75 Å². The van der Waals surface area contributed by atoms with Crippen LogP contribution in [0.4, 0.5) is 11.6 Å². The first-order valence-electron chi connectivity index (χ1n) is 8.27. The molecule has 2 aromatic carbocycles. The predicted molar refractivity (Wildman–Crippen MR) is 99.7 cm³/mol. The van der Waals surface area contributed by atoms with Gasteiger partial charge in [0, 0.05) is 11.3 Å². The van der Waals surface area contributed by atoms with Crippen LogP contribution >= 0.6 is 0 Å². The highest BCUT2D eigenvalue weighted by Crippen LogP contribution is 2.38. The summed E-state index contributed by atoms with van der Waals surface area (Å²) in [7, 11) is 1.63. The number of furan rings is 1. The van der Waals surface area contributed by atoms with Gasteiger partial charge in [0.2, 0.25) is 5.88 Å². The summed E-state index contributed by atoms with van der Waals surface area (Å²) in [5.74, 6) is 1.89. The third kappa shape index (κ3) is 2.65. The van der Waals surface area contributed by atoms with Crippen molar-refractivity contribution >= 4 is 17.4 Å². The number of fused-ring (bicyclic) bond motifs is 1. The molecule has 132 valence electrons. The Balaban J connectivity index is 1.89. The van der Waals surface area contributed by atoms with Crippen molar-refractivity contribution in [2.45, 2.75) is 12.8 Å². The van der Waals surface area contributed by atoms with Crippen LogP contribution in [0.1, 0.15) is 22.9 Å². The van der Waals surface area contributed by atoms with E-state index in [1.165, 1.54) is 0 Å². The van der Waals surface area contributed by atoms with Gasteiger partial charge in [-0.25, -0.2) is 0 Å². The molecule has 6 nitrogen and oxygen atoms in total. The minimum atomic E-state index is -0.462. The fourth-order valence-corrected chi connectivity index (χ4v) is 3.14. The zero-order valence-electron chi connectivity index (χ0n) is 14.3. The molecule has 0 radical (unpaired) electrons.